The Hall–Kier alpha value is 0.160. The lowest BCUT2D eigenvalue weighted by Crippen LogP contribution is -2.48. The Morgan fingerprint density at radius 2 is 2.25 bits per heavy atom. The van der Waals surface area contributed by atoms with Crippen molar-refractivity contribution in [3.05, 3.63) is 33.3 Å². The Morgan fingerprint density at radius 1 is 1.50 bits per heavy atom. The van der Waals surface area contributed by atoms with E-state index in [-0.39, 0.29) is 12.4 Å². The highest BCUT2D eigenvalue weighted by atomic mass is 79.9. The third-order valence-corrected chi connectivity index (χ3v) is 4.76. The van der Waals surface area contributed by atoms with E-state index in [4.69, 9.17) is 22.1 Å². The summed E-state index contributed by atoms with van der Waals surface area (Å²) in [7, 11) is 1.78. The minimum Gasteiger partial charge on any atom is -0.381 e. The van der Waals surface area contributed by atoms with Crippen LogP contribution >= 0.6 is 39.9 Å². The van der Waals surface area contributed by atoms with Gasteiger partial charge in [0.1, 0.15) is 0 Å². The van der Waals surface area contributed by atoms with Crippen LogP contribution in [0.25, 0.3) is 0 Å². The highest BCUT2D eigenvalue weighted by Gasteiger charge is 2.27. The highest BCUT2D eigenvalue weighted by molar-refractivity contribution is 9.10. The quantitative estimate of drug-likeness (QED) is 0.865. The number of rotatable bonds is 4. The molecule has 1 aliphatic heterocycles. The van der Waals surface area contributed by atoms with Crippen LogP contribution < -0.4 is 5.73 Å². The Kier molecular flexibility index (Phi) is 7.80. The molecule has 1 fully saturated rings. The summed E-state index contributed by atoms with van der Waals surface area (Å²) in [6.07, 6.45) is 2.43. The van der Waals surface area contributed by atoms with Crippen LogP contribution in [0.15, 0.2) is 22.7 Å². The third-order valence-electron chi connectivity index (χ3n) is 3.78. The zero-order valence-electron chi connectivity index (χ0n) is 11.5. The number of ether oxygens (including phenoxy) is 1. The fourth-order valence-electron chi connectivity index (χ4n) is 2.60. The van der Waals surface area contributed by atoms with Gasteiger partial charge in [-0.2, -0.15) is 0 Å². The molecule has 1 aromatic rings. The van der Waals surface area contributed by atoms with Gasteiger partial charge in [-0.05, 0) is 30.5 Å². The summed E-state index contributed by atoms with van der Waals surface area (Å²) < 4.78 is 6.51. The third kappa shape index (κ3) is 4.58. The summed E-state index contributed by atoms with van der Waals surface area (Å²) in [5.41, 5.74) is 7.15. The van der Waals surface area contributed by atoms with Crippen molar-refractivity contribution in [2.75, 3.05) is 20.2 Å². The molecular weight excluding hydrogens is 363 g/mol. The first-order chi connectivity index (χ1) is 9.13. The van der Waals surface area contributed by atoms with Crippen molar-refractivity contribution in [3.63, 3.8) is 0 Å². The number of nitrogens with two attached hydrogens (primary N) is 1. The molecule has 0 bridgehead atoms. The molecule has 0 radical (unpaired) electrons. The molecule has 20 heavy (non-hydrogen) atoms. The zero-order valence-corrected chi connectivity index (χ0v) is 14.7. The monoisotopic (exact) mass is 382 g/mol. The molecule has 1 saturated heterocycles. The maximum atomic E-state index is 5.97. The van der Waals surface area contributed by atoms with Gasteiger partial charge in [0.15, 0.2) is 0 Å². The second-order valence-corrected chi connectivity index (χ2v) is 6.27. The maximum absolute atomic E-state index is 5.97. The summed E-state index contributed by atoms with van der Waals surface area (Å²) >= 11 is 9.55. The summed E-state index contributed by atoms with van der Waals surface area (Å²) in [5, 5.41) is 0.754. The first kappa shape index (κ1) is 18.2. The van der Waals surface area contributed by atoms with Crippen LogP contribution in [-0.2, 0) is 11.3 Å². The molecule has 3 nitrogen and oxygen atoms in total. The normalized spacial score (nSPS) is 23.4. The van der Waals surface area contributed by atoms with Crippen LogP contribution in [0.5, 0.6) is 0 Å². The second-order valence-electron chi connectivity index (χ2n) is 4.98. The maximum Gasteiger partial charge on any atom is 0.0599 e. The number of halogens is 3. The van der Waals surface area contributed by atoms with Gasteiger partial charge in [0, 0.05) is 42.3 Å². The minimum atomic E-state index is 0. The molecule has 1 aliphatic rings. The molecule has 0 aromatic heterocycles. The SMILES string of the molecule is COC1CCN(Cc2ccc(Cl)cc2Br)C(CN)C1.Cl. The fraction of sp³-hybridized carbons (Fsp3) is 0.571. The van der Waals surface area contributed by atoms with Gasteiger partial charge < -0.3 is 10.5 Å². The van der Waals surface area contributed by atoms with Gasteiger partial charge in [-0.25, -0.2) is 0 Å². The van der Waals surface area contributed by atoms with E-state index in [2.05, 4.69) is 26.9 Å². The number of nitrogens with zero attached hydrogens (tertiary/aromatic N) is 1. The van der Waals surface area contributed by atoms with E-state index in [1.165, 1.54) is 5.56 Å². The molecule has 0 amide bonds. The summed E-state index contributed by atoms with van der Waals surface area (Å²) in [4.78, 5) is 2.43. The van der Waals surface area contributed by atoms with Gasteiger partial charge >= 0.3 is 0 Å². The molecule has 6 heteroatoms. The average molecular weight is 384 g/mol. The Bertz CT molecular complexity index is 434. The Balaban J connectivity index is 0.00000200. The van der Waals surface area contributed by atoms with E-state index in [1.807, 2.05) is 12.1 Å². The number of hydrogen-bond acceptors (Lipinski definition) is 3. The zero-order chi connectivity index (χ0) is 13.8. The van der Waals surface area contributed by atoms with Gasteiger partial charge in [0.2, 0.25) is 0 Å². The fourth-order valence-corrected chi connectivity index (χ4v) is 3.41. The van der Waals surface area contributed by atoms with Gasteiger partial charge in [-0.1, -0.05) is 33.6 Å². The molecular formula is C14H21BrCl2N2O. The van der Waals surface area contributed by atoms with Crippen LogP contribution in [0, 0.1) is 0 Å². The van der Waals surface area contributed by atoms with Crippen molar-refractivity contribution < 1.29 is 4.74 Å². The van der Waals surface area contributed by atoms with E-state index in [9.17, 15) is 0 Å². The topological polar surface area (TPSA) is 38.5 Å². The number of hydrogen-bond donors (Lipinski definition) is 1. The van der Waals surface area contributed by atoms with E-state index < -0.39 is 0 Å². The van der Waals surface area contributed by atoms with Gasteiger partial charge in [-0.15, -0.1) is 12.4 Å². The van der Waals surface area contributed by atoms with Gasteiger partial charge in [0.05, 0.1) is 6.10 Å². The standard InChI is InChI=1S/C14H20BrClN2O.ClH/c1-19-13-4-5-18(12(7-13)8-17)9-10-2-3-11(16)6-14(10)15;/h2-3,6,12-13H,4-5,7-9,17H2,1H3;1H. The van der Waals surface area contributed by atoms with E-state index >= 15 is 0 Å². The number of likely N-dealkylation sites (tertiary alicyclic amines) is 1. The smallest absolute Gasteiger partial charge is 0.0599 e. The van der Waals surface area contributed by atoms with Crippen molar-refractivity contribution in [1.82, 2.24) is 4.90 Å². The van der Waals surface area contributed by atoms with Crippen LogP contribution in [0.2, 0.25) is 5.02 Å². The first-order valence-corrected chi connectivity index (χ1v) is 7.72. The number of benzene rings is 1. The lowest BCUT2D eigenvalue weighted by Gasteiger charge is -2.38. The van der Waals surface area contributed by atoms with Crippen LogP contribution in [-0.4, -0.2) is 37.2 Å². The van der Waals surface area contributed by atoms with Gasteiger partial charge in [-0.3, -0.25) is 4.90 Å². The van der Waals surface area contributed by atoms with Crippen molar-refractivity contribution in [1.29, 1.82) is 0 Å². The molecule has 0 spiro atoms. The molecule has 2 N–H and O–H groups in total. The average Bonchev–Trinajstić information content (AvgIpc) is 2.42. The molecule has 1 aromatic carbocycles. The van der Waals surface area contributed by atoms with Crippen molar-refractivity contribution in [2.45, 2.75) is 31.5 Å². The van der Waals surface area contributed by atoms with E-state index in [0.717, 1.165) is 35.4 Å². The summed E-state index contributed by atoms with van der Waals surface area (Å²) in [6, 6.07) is 6.33. The number of methoxy groups -OCH3 is 1. The predicted octanol–water partition coefficient (Wildman–Crippen LogP) is 3.46. The summed E-state index contributed by atoms with van der Waals surface area (Å²) in [6.45, 7) is 2.59. The van der Waals surface area contributed by atoms with E-state index in [0.29, 0.717) is 18.7 Å². The molecule has 0 aliphatic carbocycles. The van der Waals surface area contributed by atoms with Crippen molar-refractivity contribution in [2.24, 2.45) is 5.73 Å². The molecule has 2 atom stereocenters. The number of piperidine rings is 1. The van der Waals surface area contributed by atoms with Crippen LogP contribution in [0.1, 0.15) is 18.4 Å². The lowest BCUT2D eigenvalue weighted by atomic mass is 9.98. The highest BCUT2D eigenvalue weighted by Crippen LogP contribution is 2.26. The summed E-state index contributed by atoms with van der Waals surface area (Å²) in [5.74, 6) is 0. The van der Waals surface area contributed by atoms with Gasteiger partial charge in [0.25, 0.3) is 0 Å². The first-order valence-electron chi connectivity index (χ1n) is 6.55. The largest absolute Gasteiger partial charge is 0.381 e. The molecule has 114 valence electrons. The predicted molar refractivity (Wildman–Crippen MR) is 89.7 cm³/mol. The molecule has 2 rings (SSSR count). The Labute approximate surface area is 140 Å². The van der Waals surface area contributed by atoms with Crippen LogP contribution in [0.4, 0.5) is 0 Å². The lowest BCUT2D eigenvalue weighted by molar-refractivity contribution is 0.0101. The minimum absolute atomic E-state index is 0. The molecule has 0 saturated carbocycles. The second kappa shape index (κ2) is 8.57. The van der Waals surface area contributed by atoms with E-state index in [1.54, 1.807) is 7.11 Å². The van der Waals surface area contributed by atoms with Crippen LogP contribution in [0.3, 0.4) is 0 Å². The Morgan fingerprint density at radius 3 is 2.85 bits per heavy atom. The van der Waals surface area contributed by atoms with Crippen molar-refractivity contribution >= 4 is 39.9 Å². The van der Waals surface area contributed by atoms with Crippen molar-refractivity contribution in [3.8, 4) is 0 Å². The molecule has 2 unspecified atom stereocenters. The molecule has 1 heterocycles.